The van der Waals surface area contributed by atoms with Crippen LogP contribution in [-0.2, 0) is 16.0 Å². The third kappa shape index (κ3) is 8.63. The van der Waals surface area contributed by atoms with Gasteiger partial charge >= 0.3 is 6.09 Å². The van der Waals surface area contributed by atoms with Crippen LogP contribution in [0.1, 0.15) is 108 Å². The molecule has 0 saturated heterocycles. The molecule has 2 amide bonds. The summed E-state index contributed by atoms with van der Waals surface area (Å²) in [5, 5.41) is 7.45. The number of fused-ring (bicyclic) bond motifs is 1. The molecule has 5 rings (SSSR count). The van der Waals surface area contributed by atoms with Gasteiger partial charge < -0.3 is 29.7 Å². The zero-order chi connectivity index (χ0) is 34.6. The van der Waals surface area contributed by atoms with Crippen LogP contribution in [-0.4, -0.2) is 42.9 Å². The molecule has 0 radical (unpaired) electrons. The fourth-order valence-corrected chi connectivity index (χ4v) is 6.75. The Kier molecular flexibility index (Phi) is 11.3. The zero-order valence-corrected chi connectivity index (χ0v) is 30.0. The number of alkyl carbamates (subject to hydrolysis) is 1. The van der Waals surface area contributed by atoms with E-state index in [-0.39, 0.29) is 42.7 Å². The second-order valence-corrected chi connectivity index (χ2v) is 14.5. The fraction of sp³-hybridized carbons (Fsp3) is 0.487. The van der Waals surface area contributed by atoms with Crippen LogP contribution in [0.5, 0.6) is 11.5 Å². The highest BCUT2D eigenvalue weighted by atomic mass is 35.5. The first kappa shape index (κ1) is 35.6. The monoisotopic (exact) mass is 675 g/mol. The molecule has 48 heavy (non-hydrogen) atoms. The summed E-state index contributed by atoms with van der Waals surface area (Å²) in [5.74, 6) is 1.31. The van der Waals surface area contributed by atoms with Crippen molar-refractivity contribution in [3.05, 3.63) is 87.9 Å². The summed E-state index contributed by atoms with van der Waals surface area (Å²) in [6.07, 6.45) is 4.54. The number of ether oxygens (including phenoxy) is 3. The van der Waals surface area contributed by atoms with Gasteiger partial charge in [0.05, 0.1) is 25.7 Å². The van der Waals surface area contributed by atoms with Crippen LogP contribution < -0.4 is 25.0 Å². The minimum atomic E-state index is -0.504. The average molecular weight is 676 g/mol. The summed E-state index contributed by atoms with van der Waals surface area (Å²) in [4.78, 5) is 28.0. The van der Waals surface area contributed by atoms with E-state index in [1.165, 1.54) is 0 Å². The Balaban J connectivity index is 1.33. The molecule has 3 unspecified atom stereocenters. The van der Waals surface area contributed by atoms with Gasteiger partial charge in [0, 0.05) is 28.8 Å². The predicted octanol–water partition coefficient (Wildman–Crippen LogP) is 8.69. The molecule has 2 aliphatic rings. The second-order valence-electron chi connectivity index (χ2n) is 14.1. The molecule has 3 atom stereocenters. The third-order valence-corrected chi connectivity index (χ3v) is 9.53. The summed E-state index contributed by atoms with van der Waals surface area (Å²) in [6, 6.07) is 20.2. The number of carbonyl (C=O) groups excluding carboxylic acids is 2. The van der Waals surface area contributed by atoms with Crippen molar-refractivity contribution < 1.29 is 23.8 Å². The number of anilines is 1. The Labute approximate surface area is 290 Å². The maximum absolute atomic E-state index is 13.9. The van der Waals surface area contributed by atoms with Crippen molar-refractivity contribution in [2.45, 2.75) is 116 Å². The number of amides is 2. The van der Waals surface area contributed by atoms with Crippen molar-refractivity contribution in [2.24, 2.45) is 0 Å². The van der Waals surface area contributed by atoms with Crippen molar-refractivity contribution in [1.82, 2.24) is 10.6 Å². The lowest BCUT2D eigenvalue weighted by atomic mass is 9.86. The van der Waals surface area contributed by atoms with Gasteiger partial charge in [0.15, 0.2) is 11.5 Å². The molecule has 258 valence electrons. The molecule has 0 spiro atoms. The highest BCUT2D eigenvalue weighted by Gasteiger charge is 2.36. The molecular formula is C39H50ClN3O5. The number of methoxy groups -OCH3 is 1. The minimum absolute atomic E-state index is 0.00997. The fourth-order valence-electron chi connectivity index (χ4n) is 6.63. The molecule has 3 aromatic carbocycles. The Bertz CT molecular complexity index is 1560. The number of hydrogen-bond acceptors (Lipinski definition) is 6. The number of halogens is 1. The van der Waals surface area contributed by atoms with E-state index in [4.69, 9.17) is 25.8 Å². The molecule has 1 aliphatic carbocycles. The first-order chi connectivity index (χ1) is 22.8. The van der Waals surface area contributed by atoms with Crippen molar-refractivity contribution in [3.63, 3.8) is 0 Å². The van der Waals surface area contributed by atoms with E-state index in [1.54, 1.807) is 7.11 Å². The summed E-state index contributed by atoms with van der Waals surface area (Å²) < 4.78 is 17.4. The molecule has 3 aromatic rings. The summed E-state index contributed by atoms with van der Waals surface area (Å²) in [7, 11) is 1.63. The van der Waals surface area contributed by atoms with E-state index in [0.717, 1.165) is 60.0 Å². The topological polar surface area (TPSA) is 89.1 Å². The lowest BCUT2D eigenvalue weighted by molar-refractivity contribution is -0.118. The molecule has 8 nitrogen and oxygen atoms in total. The van der Waals surface area contributed by atoms with E-state index in [0.29, 0.717) is 22.6 Å². The average Bonchev–Trinajstić information content (AvgIpc) is 3.04. The zero-order valence-electron chi connectivity index (χ0n) is 29.3. The summed E-state index contributed by atoms with van der Waals surface area (Å²) in [5.41, 5.74) is 4.37. The highest BCUT2D eigenvalue weighted by Crippen LogP contribution is 2.44. The van der Waals surface area contributed by atoms with Crippen LogP contribution in [0.3, 0.4) is 0 Å². The minimum Gasteiger partial charge on any atom is -0.493 e. The van der Waals surface area contributed by atoms with Gasteiger partial charge in [-0.25, -0.2) is 4.79 Å². The number of nitrogens with zero attached hydrogens (tertiary/aromatic N) is 1. The number of rotatable bonds is 10. The lowest BCUT2D eigenvalue weighted by Crippen LogP contribution is -2.44. The van der Waals surface area contributed by atoms with Crippen molar-refractivity contribution in [2.75, 3.05) is 12.0 Å². The van der Waals surface area contributed by atoms with E-state index < -0.39 is 5.60 Å². The van der Waals surface area contributed by atoms with Crippen LogP contribution in [0.15, 0.2) is 60.7 Å². The van der Waals surface area contributed by atoms with Crippen LogP contribution >= 0.6 is 11.6 Å². The standard InChI is InChI=1S/C39H50ClN3O5/c1-8-24(2)47-35-23-33-28(21-34(35)46-7)22-36(44)43(37(33)27-9-13-29(40)14-10-27)32-19-11-26(12-20-32)25(3)41-30-15-17-31(18-16-30)42-38(45)48-39(4,5)6/h9-14,19-21,23-25,30-31,37,41H,8,15-18,22H2,1-7H3,(H,42,45). The first-order valence-electron chi connectivity index (χ1n) is 17.2. The second kappa shape index (κ2) is 15.2. The van der Waals surface area contributed by atoms with Gasteiger partial charge in [0.1, 0.15) is 5.60 Å². The van der Waals surface area contributed by atoms with Crippen LogP contribution in [0.4, 0.5) is 10.5 Å². The lowest BCUT2D eigenvalue weighted by Gasteiger charge is -2.38. The largest absolute Gasteiger partial charge is 0.493 e. The Morgan fingerprint density at radius 1 is 0.958 bits per heavy atom. The molecule has 1 aliphatic heterocycles. The van der Waals surface area contributed by atoms with Gasteiger partial charge in [-0.3, -0.25) is 4.79 Å². The van der Waals surface area contributed by atoms with Crippen LogP contribution in [0.2, 0.25) is 5.02 Å². The maximum atomic E-state index is 13.9. The van der Waals surface area contributed by atoms with Crippen LogP contribution in [0, 0.1) is 0 Å². The molecule has 1 heterocycles. The molecule has 0 bridgehead atoms. The van der Waals surface area contributed by atoms with Crippen LogP contribution in [0.25, 0.3) is 0 Å². The molecule has 1 saturated carbocycles. The summed E-state index contributed by atoms with van der Waals surface area (Å²) in [6.45, 7) is 11.9. The van der Waals surface area contributed by atoms with Crippen molar-refractivity contribution in [3.8, 4) is 11.5 Å². The van der Waals surface area contributed by atoms with Gasteiger partial charge in [-0.2, -0.15) is 0 Å². The quantitative estimate of drug-likeness (QED) is 0.224. The predicted molar refractivity (Wildman–Crippen MR) is 191 cm³/mol. The smallest absolute Gasteiger partial charge is 0.407 e. The van der Waals surface area contributed by atoms with Crippen molar-refractivity contribution in [1.29, 1.82) is 0 Å². The number of hydrogen-bond donors (Lipinski definition) is 2. The molecular weight excluding hydrogens is 626 g/mol. The Morgan fingerprint density at radius 3 is 2.21 bits per heavy atom. The summed E-state index contributed by atoms with van der Waals surface area (Å²) >= 11 is 6.29. The van der Waals surface area contributed by atoms with E-state index in [2.05, 4.69) is 36.6 Å². The van der Waals surface area contributed by atoms with E-state index >= 15 is 0 Å². The van der Waals surface area contributed by atoms with E-state index in [1.807, 2.05) is 81.1 Å². The molecule has 0 aromatic heterocycles. The molecule has 2 N–H and O–H groups in total. The number of benzene rings is 3. The van der Waals surface area contributed by atoms with E-state index in [9.17, 15) is 9.59 Å². The Morgan fingerprint density at radius 2 is 1.60 bits per heavy atom. The SMILES string of the molecule is CCC(C)Oc1cc2c(cc1OC)CC(=O)N(c1ccc(C(C)NC3CCC(NC(=O)OC(C)(C)C)CC3)cc1)C2c1ccc(Cl)cc1. The maximum Gasteiger partial charge on any atom is 0.407 e. The number of carbonyl (C=O) groups is 2. The highest BCUT2D eigenvalue weighted by molar-refractivity contribution is 6.30. The van der Waals surface area contributed by atoms with Crippen molar-refractivity contribution >= 4 is 29.3 Å². The van der Waals surface area contributed by atoms with Gasteiger partial charge in [-0.05, 0) is 125 Å². The first-order valence-corrected chi connectivity index (χ1v) is 17.5. The normalized spacial score (nSPS) is 20.8. The molecule has 1 fully saturated rings. The number of nitrogens with one attached hydrogen (secondary N) is 2. The van der Waals surface area contributed by atoms with Gasteiger partial charge in [0.2, 0.25) is 5.91 Å². The van der Waals surface area contributed by atoms with Gasteiger partial charge in [-0.1, -0.05) is 42.8 Å². The van der Waals surface area contributed by atoms with Gasteiger partial charge in [0.25, 0.3) is 0 Å². The third-order valence-electron chi connectivity index (χ3n) is 9.28. The molecule has 9 heteroatoms. The van der Waals surface area contributed by atoms with Gasteiger partial charge in [-0.15, -0.1) is 0 Å². The Hall–Kier alpha value is -3.75.